The summed E-state index contributed by atoms with van der Waals surface area (Å²) in [6.45, 7) is 4.95. The molecule has 1 saturated heterocycles. The first-order valence-corrected chi connectivity index (χ1v) is 10.1. The number of hydrogen-bond acceptors (Lipinski definition) is 2. The molecule has 2 heterocycles. The zero-order valence-corrected chi connectivity index (χ0v) is 16.8. The number of fused-ring (bicyclic) bond motifs is 1. The Morgan fingerprint density at radius 2 is 1.83 bits per heavy atom. The zero-order valence-electron chi connectivity index (χ0n) is 16.8. The second kappa shape index (κ2) is 7.85. The van der Waals surface area contributed by atoms with E-state index in [1.165, 1.54) is 10.5 Å². The Kier molecular flexibility index (Phi) is 5.26. The van der Waals surface area contributed by atoms with Gasteiger partial charge in [-0.2, -0.15) is 0 Å². The molecule has 4 rings (SSSR count). The summed E-state index contributed by atoms with van der Waals surface area (Å²) in [7, 11) is 0. The number of aryl methyl sites for hydroxylation is 1. The molecular weight excluding hydrogens is 369 g/mol. The van der Waals surface area contributed by atoms with E-state index >= 15 is 0 Å². The van der Waals surface area contributed by atoms with E-state index < -0.39 is 18.2 Å². The maximum Gasteiger partial charge on any atom is 0.322 e. The van der Waals surface area contributed by atoms with Gasteiger partial charge in [0.15, 0.2) is 0 Å². The lowest BCUT2D eigenvalue weighted by Gasteiger charge is -2.33. The quantitative estimate of drug-likeness (QED) is 0.840. The van der Waals surface area contributed by atoms with Crippen molar-refractivity contribution in [1.29, 1.82) is 0 Å². The number of benzene rings is 2. The number of halogens is 1. The van der Waals surface area contributed by atoms with Crippen molar-refractivity contribution in [2.75, 3.05) is 18.4 Å². The SMILES string of the molecule is Cc1cccc(NC(=O)N2C[C@@H](F)C[C@H]2C(=O)N2CCc3ccccc3C2)c1C. The highest BCUT2D eigenvalue weighted by Gasteiger charge is 2.42. The van der Waals surface area contributed by atoms with Crippen LogP contribution in [0.15, 0.2) is 42.5 Å². The van der Waals surface area contributed by atoms with Crippen LogP contribution in [0.3, 0.4) is 0 Å². The number of nitrogens with one attached hydrogen (secondary N) is 1. The van der Waals surface area contributed by atoms with Crippen molar-refractivity contribution in [3.63, 3.8) is 0 Å². The highest BCUT2D eigenvalue weighted by atomic mass is 19.1. The first-order chi connectivity index (χ1) is 13.9. The summed E-state index contributed by atoms with van der Waals surface area (Å²) in [4.78, 5) is 29.2. The molecule has 5 nitrogen and oxygen atoms in total. The average molecular weight is 395 g/mol. The van der Waals surface area contributed by atoms with Crippen LogP contribution >= 0.6 is 0 Å². The number of nitrogens with zero attached hydrogens (tertiary/aromatic N) is 2. The summed E-state index contributed by atoms with van der Waals surface area (Å²) in [5, 5.41) is 2.87. The van der Waals surface area contributed by atoms with Gasteiger partial charge in [0.1, 0.15) is 12.2 Å². The van der Waals surface area contributed by atoms with Crippen molar-refractivity contribution >= 4 is 17.6 Å². The normalized spacial score (nSPS) is 21.1. The van der Waals surface area contributed by atoms with Crippen LogP contribution in [0, 0.1) is 13.8 Å². The second-order valence-electron chi connectivity index (χ2n) is 7.96. The van der Waals surface area contributed by atoms with Crippen LogP contribution in [0.5, 0.6) is 0 Å². The van der Waals surface area contributed by atoms with E-state index in [2.05, 4.69) is 11.4 Å². The van der Waals surface area contributed by atoms with E-state index in [4.69, 9.17) is 0 Å². The third kappa shape index (κ3) is 3.84. The molecule has 29 heavy (non-hydrogen) atoms. The molecule has 0 spiro atoms. The van der Waals surface area contributed by atoms with Gasteiger partial charge < -0.3 is 15.1 Å². The van der Waals surface area contributed by atoms with Crippen molar-refractivity contribution in [1.82, 2.24) is 9.80 Å². The molecule has 3 amide bonds. The van der Waals surface area contributed by atoms with Crippen molar-refractivity contribution < 1.29 is 14.0 Å². The molecule has 2 atom stereocenters. The number of urea groups is 1. The third-order valence-corrected chi connectivity index (χ3v) is 6.08. The molecule has 0 bridgehead atoms. The summed E-state index contributed by atoms with van der Waals surface area (Å²) in [5.41, 5.74) is 5.08. The van der Waals surface area contributed by atoms with Gasteiger partial charge in [0, 0.05) is 25.2 Å². The first-order valence-electron chi connectivity index (χ1n) is 10.1. The minimum absolute atomic E-state index is 0.0528. The lowest BCUT2D eigenvalue weighted by atomic mass is 9.99. The van der Waals surface area contributed by atoms with E-state index in [9.17, 15) is 14.0 Å². The lowest BCUT2D eigenvalue weighted by Crippen LogP contribution is -2.50. The molecule has 0 aromatic heterocycles. The molecule has 0 aliphatic carbocycles. The van der Waals surface area contributed by atoms with Crippen LogP contribution in [0.25, 0.3) is 0 Å². The second-order valence-corrected chi connectivity index (χ2v) is 7.96. The molecule has 1 N–H and O–H groups in total. The number of rotatable bonds is 2. The topological polar surface area (TPSA) is 52.7 Å². The maximum absolute atomic E-state index is 14.2. The Balaban J connectivity index is 1.50. The molecule has 2 aliphatic rings. The monoisotopic (exact) mass is 395 g/mol. The fourth-order valence-corrected chi connectivity index (χ4v) is 4.21. The number of carbonyl (C=O) groups is 2. The average Bonchev–Trinajstić information content (AvgIpc) is 3.12. The highest BCUT2D eigenvalue weighted by molar-refractivity contribution is 5.95. The van der Waals surface area contributed by atoms with E-state index in [-0.39, 0.29) is 18.9 Å². The first kappa shape index (κ1) is 19.4. The number of carbonyl (C=O) groups excluding carboxylic acids is 2. The van der Waals surface area contributed by atoms with Crippen LogP contribution in [0.1, 0.15) is 28.7 Å². The molecule has 2 aromatic rings. The molecule has 1 fully saturated rings. The zero-order chi connectivity index (χ0) is 20.5. The van der Waals surface area contributed by atoms with Crippen LogP contribution < -0.4 is 5.32 Å². The van der Waals surface area contributed by atoms with E-state index in [0.29, 0.717) is 18.8 Å². The smallest absolute Gasteiger partial charge is 0.322 e. The van der Waals surface area contributed by atoms with E-state index in [1.807, 2.05) is 50.2 Å². The van der Waals surface area contributed by atoms with E-state index in [1.54, 1.807) is 4.90 Å². The Morgan fingerprint density at radius 3 is 2.62 bits per heavy atom. The predicted molar refractivity (Wildman–Crippen MR) is 111 cm³/mol. The van der Waals surface area contributed by atoms with Gasteiger partial charge in [-0.15, -0.1) is 0 Å². The van der Waals surface area contributed by atoms with Gasteiger partial charge in [-0.05, 0) is 48.6 Å². The van der Waals surface area contributed by atoms with Gasteiger partial charge in [-0.1, -0.05) is 36.4 Å². The van der Waals surface area contributed by atoms with Crippen molar-refractivity contribution in [3.8, 4) is 0 Å². The van der Waals surface area contributed by atoms with Gasteiger partial charge in [-0.3, -0.25) is 4.79 Å². The van der Waals surface area contributed by atoms with E-state index in [0.717, 1.165) is 23.1 Å². The van der Waals surface area contributed by atoms with Crippen molar-refractivity contribution in [3.05, 3.63) is 64.7 Å². The minimum atomic E-state index is -1.19. The Morgan fingerprint density at radius 1 is 1.07 bits per heavy atom. The summed E-state index contributed by atoms with van der Waals surface area (Å²) in [6.07, 6.45) is -0.357. The molecular formula is C23H26FN3O2. The van der Waals surface area contributed by atoms with Crippen LogP contribution in [-0.4, -0.2) is 47.0 Å². The molecule has 152 valence electrons. The minimum Gasteiger partial charge on any atom is -0.336 e. The Labute approximate surface area is 170 Å². The Bertz CT molecular complexity index is 945. The van der Waals surface area contributed by atoms with Crippen LogP contribution in [0.4, 0.5) is 14.9 Å². The third-order valence-electron chi connectivity index (χ3n) is 6.08. The van der Waals surface area contributed by atoms with Gasteiger partial charge in [0.25, 0.3) is 0 Å². The van der Waals surface area contributed by atoms with Crippen molar-refractivity contribution in [2.24, 2.45) is 0 Å². The van der Waals surface area contributed by atoms with Gasteiger partial charge in [0.05, 0.1) is 6.54 Å². The van der Waals surface area contributed by atoms with Gasteiger partial charge >= 0.3 is 6.03 Å². The number of anilines is 1. The summed E-state index contributed by atoms with van der Waals surface area (Å²) in [6, 6.07) is 12.5. The molecule has 0 unspecified atom stereocenters. The number of alkyl halides is 1. The van der Waals surface area contributed by atoms with Gasteiger partial charge in [-0.25, -0.2) is 9.18 Å². The Hall–Kier alpha value is -2.89. The molecule has 0 radical (unpaired) electrons. The fraction of sp³-hybridized carbons (Fsp3) is 0.391. The summed E-state index contributed by atoms with van der Waals surface area (Å²) in [5.74, 6) is -0.171. The molecule has 2 aromatic carbocycles. The number of likely N-dealkylation sites (tertiary alicyclic amines) is 1. The van der Waals surface area contributed by atoms with Crippen LogP contribution in [0.2, 0.25) is 0 Å². The molecule has 2 aliphatic heterocycles. The summed E-state index contributed by atoms with van der Waals surface area (Å²) < 4.78 is 14.2. The van der Waals surface area contributed by atoms with Crippen molar-refractivity contribution in [2.45, 2.75) is 45.4 Å². The number of hydrogen-bond donors (Lipinski definition) is 1. The maximum atomic E-state index is 14.2. The van der Waals surface area contributed by atoms with Crippen LogP contribution in [-0.2, 0) is 17.8 Å². The highest BCUT2D eigenvalue weighted by Crippen LogP contribution is 2.27. The largest absolute Gasteiger partial charge is 0.336 e. The fourth-order valence-electron chi connectivity index (χ4n) is 4.21. The molecule has 0 saturated carbocycles. The lowest BCUT2D eigenvalue weighted by molar-refractivity contribution is -0.136. The standard InChI is InChI=1S/C23H26FN3O2/c1-15-6-5-9-20(16(15)2)25-23(29)27-14-19(24)12-21(27)22(28)26-11-10-17-7-3-4-8-18(17)13-26/h3-9,19,21H,10-14H2,1-2H3,(H,25,29)/t19-,21-/m0/s1. The number of amides is 3. The van der Waals surface area contributed by atoms with Gasteiger partial charge in [0.2, 0.25) is 5.91 Å². The predicted octanol–water partition coefficient (Wildman–Crippen LogP) is 3.83. The summed E-state index contributed by atoms with van der Waals surface area (Å²) >= 11 is 0. The molecule has 6 heteroatoms.